The maximum Gasteiger partial charge on any atom is 0.303 e. The Morgan fingerprint density at radius 3 is 2.05 bits per heavy atom. The topological polar surface area (TPSA) is 193 Å². The Bertz CT molecular complexity index is 818. The second-order valence-electron chi connectivity index (χ2n) is 8.40. The summed E-state index contributed by atoms with van der Waals surface area (Å²) in [5.41, 5.74) is 0. The van der Waals surface area contributed by atoms with E-state index in [0.717, 1.165) is 13.8 Å². The van der Waals surface area contributed by atoms with Crippen LogP contribution in [0.2, 0.25) is 0 Å². The van der Waals surface area contributed by atoms with E-state index in [1.807, 2.05) is 0 Å². The van der Waals surface area contributed by atoms with Crippen molar-refractivity contribution in [3.63, 3.8) is 0 Å². The number of amides is 2. The fourth-order valence-corrected chi connectivity index (χ4v) is 3.58. The standard InChI is InChI=1S/C23H36N2O12/c1-13(26)25-20-22(36-16(4)29)21(35-15(3)28)17(12-34-14(2)27)37-23(20)33-11-6-5-8-18(30)24-10-7-9-19(31)32/h17,20-23H,5-12H2,1-4H3,(H,24,30)(H,25,26)(H,31,32)/t17?,20-,21-,22?,23+/m0/s1. The molecule has 0 aromatic carbocycles. The van der Waals surface area contributed by atoms with Gasteiger partial charge in [-0.15, -0.1) is 0 Å². The Morgan fingerprint density at radius 2 is 1.49 bits per heavy atom. The van der Waals surface area contributed by atoms with Crippen LogP contribution < -0.4 is 10.6 Å². The molecule has 0 spiro atoms. The molecule has 1 fully saturated rings. The summed E-state index contributed by atoms with van der Waals surface area (Å²) in [5.74, 6) is -3.68. The van der Waals surface area contributed by atoms with E-state index >= 15 is 0 Å². The van der Waals surface area contributed by atoms with Crippen molar-refractivity contribution in [3.8, 4) is 0 Å². The van der Waals surface area contributed by atoms with Crippen LogP contribution in [0, 0.1) is 0 Å². The predicted molar refractivity (Wildman–Crippen MR) is 124 cm³/mol. The molecule has 1 saturated heterocycles. The van der Waals surface area contributed by atoms with Gasteiger partial charge in [-0.25, -0.2) is 0 Å². The molecule has 1 heterocycles. The van der Waals surface area contributed by atoms with Gasteiger partial charge in [0.25, 0.3) is 0 Å². The van der Waals surface area contributed by atoms with E-state index in [0.29, 0.717) is 19.3 Å². The van der Waals surface area contributed by atoms with E-state index in [2.05, 4.69) is 10.6 Å². The minimum atomic E-state index is -1.21. The average molecular weight is 533 g/mol. The molecule has 0 aromatic heterocycles. The van der Waals surface area contributed by atoms with E-state index in [-0.39, 0.29) is 38.5 Å². The van der Waals surface area contributed by atoms with Crippen molar-refractivity contribution in [3.05, 3.63) is 0 Å². The van der Waals surface area contributed by atoms with E-state index in [1.165, 1.54) is 13.8 Å². The first-order valence-corrected chi connectivity index (χ1v) is 11.9. The highest BCUT2D eigenvalue weighted by Crippen LogP contribution is 2.28. The third kappa shape index (κ3) is 13.0. The SMILES string of the molecule is CC(=O)N[C@H]1C(OC(C)=O)[C@@H](OC(C)=O)C(COC(C)=O)O[C@H]1OCCCCC(=O)NCCCC(=O)O. The summed E-state index contributed by atoms with van der Waals surface area (Å²) in [6.07, 6.45) is -3.28. The number of ether oxygens (including phenoxy) is 5. The molecule has 14 heteroatoms. The van der Waals surface area contributed by atoms with Crippen LogP contribution in [0.5, 0.6) is 0 Å². The van der Waals surface area contributed by atoms with Gasteiger partial charge in [0.05, 0.1) is 0 Å². The lowest BCUT2D eigenvalue weighted by Crippen LogP contribution is -2.66. The van der Waals surface area contributed by atoms with Gasteiger partial charge in [0.1, 0.15) is 18.8 Å². The summed E-state index contributed by atoms with van der Waals surface area (Å²) in [6, 6.07) is -1.06. The van der Waals surface area contributed by atoms with Crippen LogP contribution in [0.4, 0.5) is 0 Å². The number of unbranched alkanes of at least 4 members (excludes halogenated alkanes) is 1. The van der Waals surface area contributed by atoms with Crippen molar-refractivity contribution in [2.75, 3.05) is 19.8 Å². The van der Waals surface area contributed by atoms with Gasteiger partial charge in [0.2, 0.25) is 11.8 Å². The molecule has 0 bridgehead atoms. The molecule has 0 aliphatic carbocycles. The Morgan fingerprint density at radius 1 is 0.838 bits per heavy atom. The summed E-state index contributed by atoms with van der Waals surface area (Å²) in [7, 11) is 0. The minimum Gasteiger partial charge on any atom is -0.481 e. The number of hydrogen-bond donors (Lipinski definition) is 3. The number of nitrogens with one attached hydrogen (secondary N) is 2. The van der Waals surface area contributed by atoms with Gasteiger partial charge in [-0.05, 0) is 19.3 Å². The second-order valence-corrected chi connectivity index (χ2v) is 8.40. The van der Waals surface area contributed by atoms with Crippen LogP contribution >= 0.6 is 0 Å². The molecule has 210 valence electrons. The first-order chi connectivity index (χ1) is 17.4. The van der Waals surface area contributed by atoms with Crippen molar-refractivity contribution in [2.45, 2.75) is 90.4 Å². The molecule has 2 unspecified atom stereocenters. The summed E-state index contributed by atoms with van der Waals surface area (Å²) in [6.45, 7) is 4.74. The first-order valence-electron chi connectivity index (χ1n) is 11.9. The van der Waals surface area contributed by atoms with Gasteiger partial charge in [-0.2, -0.15) is 0 Å². The zero-order valence-corrected chi connectivity index (χ0v) is 21.5. The molecule has 0 aromatic rings. The molecule has 0 saturated carbocycles. The van der Waals surface area contributed by atoms with E-state index in [1.54, 1.807) is 0 Å². The largest absolute Gasteiger partial charge is 0.481 e. The van der Waals surface area contributed by atoms with Gasteiger partial charge in [0.15, 0.2) is 18.5 Å². The third-order valence-electron chi connectivity index (χ3n) is 5.04. The summed E-state index contributed by atoms with van der Waals surface area (Å²) < 4.78 is 27.4. The van der Waals surface area contributed by atoms with Crippen molar-refractivity contribution in [2.24, 2.45) is 0 Å². The quantitative estimate of drug-likeness (QED) is 0.143. The summed E-state index contributed by atoms with van der Waals surface area (Å²) in [4.78, 5) is 69.2. The number of carbonyl (C=O) groups is 6. The van der Waals surface area contributed by atoms with Crippen LogP contribution in [0.15, 0.2) is 0 Å². The lowest BCUT2D eigenvalue weighted by atomic mass is 9.96. The zero-order chi connectivity index (χ0) is 28.0. The Hall–Kier alpha value is -3.26. The smallest absolute Gasteiger partial charge is 0.303 e. The van der Waals surface area contributed by atoms with E-state index < -0.39 is 60.4 Å². The third-order valence-corrected chi connectivity index (χ3v) is 5.04. The van der Waals surface area contributed by atoms with Gasteiger partial charge in [0, 0.05) is 53.7 Å². The first kappa shape index (κ1) is 31.8. The Balaban J connectivity index is 2.84. The Kier molecular flexibility index (Phi) is 14.1. The molecule has 1 rings (SSSR count). The highest BCUT2D eigenvalue weighted by Gasteiger charge is 2.51. The monoisotopic (exact) mass is 532 g/mol. The van der Waals surface area contributed by atoms with Crippen LogP contribution in [0.25, 0.3) is 0 Å². The molecule has 14 nitrogen and oxygen atoms in total. The molecular weight excluding hydrogens is 496 g/mol. The second kappa shape index (κ2) is 16.5. The maximum atomic E-state index is 11.9. The normalized spacial score (nSPS) is 22.9. The van der Waals surface area contributed by atoms with Gasteiger partial charge in [-0.3, -0.25) is 28.8 Å². The van der Waals surface area contributed by atoms with Crippen LogP contribution in [0.3, 0.4) is 0 Å². The van der Waals surface area contributed by atoms with Crippen molar-refractivity contribution in [1.82, 2.24) is 10.6 Å². The van der Waals surface area contributed by atoms with Gasteiger partial charge < -0.3 is 39.4 Å². The number of esters is 3. The number of rotatable bonds is 15. The molecule has 1 aliphatic rings. The number of carboxylic acid groups (broad SMARTS) is 1. The average Bonchev–Trinajstić information content (AvgIpc) is 2.77. The Labute approximate surface area is 214 Å². The van der Waals surface area contributed by atoms with Crippen molar-refractivity contribution in [1.29, 1.82) is 0 Å². The molecule has 2 amide bonds. The molecular formula is C23H36N2O12. The van der Waals surface area contributed by atoms with E-state index in [4.69, 9.17) is 28.8 Å². The highest BCUT2D eigenvalue weighted by molar-refractivity contribution is 5.76. The fraction of sp³-hybridized carbons (Fsp3) is 0.739. The summed E-state index contributed by atoms with van der Waals surface area (Å²) >= 11 is 0. The van der Waals surface area contributed by atoms with Crippen molar-refractivity contribution >= 4 is 35.7 Å². The maximum absolute atomic E-state index is 11.9. The summed E-state index contributed by atoms with van der Waals surface area (Å²) in [5, 5.41) is 13.8. The molecule has 37 heavy (non-hydrogen) atoms. The molecule has 1 aliphatic heterocycles. The van der Waals surface area contributed by atoms with Crippen molar-refractivity contribution < 1.29 is 57.6 Å². The number of hydrogen-bond acceptors (Lipinski definition) is 11. The number of carboxylic acids is 1. The highest BCUT2D eigenvalue weighted by atomic mass is 16.7. The minimum absolute atomic E-state index is 0.0317. The lowest BCUT2D eigenvalue weighted by molar-refractivity contribution is -0.277. The fourth-order valence-electron chi connectivity index (χ4n) is 3.58. The van der Waals surface area contributed by atoms with Crippen LogP contribution in [-0.2, 0) is 52.5 Å². The zero-order valence-electron chi connectivity index (χ0n) is 21.5. The van der Waals surface area contributed by atoms with Crippen LogP contribution in [-0.4, -0.2) is 91.2 Å². The van der Waals surface area contributed by atoms with Gasteiger partial charge in [-0.1, -0.05) is 0 Å². The van der Waals surface area contributed by atoms with Gasteiger partial charge >= 0.3 is 23.9 Å². The van der Waals surface area contributed by atoms with Crippen LogP contribution in [0.1, 0.15) is 59.8 Å². The number of carbonyl (C=O) groups excluding carboxylic acids is 5. The van der Waals surface area contributed by atoms with E-state index in [9.17, 15) is 28.8 Å². The number of aliphatic carboxylic acids is 1. The molecule has 0 radical (unpaired) electrons. The lowest BCUT2D eigenvalue weighted by Gasteiger charge is -2.44. The predicted octanol–water partition coefficient (Wildman–Crippen LogP) is -0.190. The molecule has 5 atom stereocenters. The molecule has 3 N–H and O–H groups in total.